The average molecular weight is 311 g/mol. The first kappa shape index (κ1) is 14.0. The van der Waals surface area contributed by atoms with Crippen LogP contribution in [-0.2, 0) is 6.42 Å². The molecule has 2 rings (SSSR count). The second-order valence-corrected chi connectivity index (χ2v) is 7.05. The predicted molar refractivity (Wildman–Crippen MR) is 79.4 cm³/mol. The zero-order valence-electron chi connectivity index (χ0n) is 11.3. The molecule has 2 nitrogen and oxygen atoms in total. The maximum Gasteiger partial charge on any atom is 0.0410 e. The first-order valence-corrected chi connectivity index (χ1v) is 7.66. The Kier molecular flexibility index (Phi) is 4.44. The molecule has 100 valence electrons. The Labute approximate surface area is 119 Å². The van der Waals surface area contributed by atoms with Crippen molar-refractivity contribution < 1.29 is 0 Å². The van der Waals surface area contributed by atoms with Crippen LogP contribution in [0.5, 0.6) is 0 Å². The lowest BCUT2D eigenvalue weighted by molar-refractivity contribution is 0.194. The minimum Gasteiger partial charge on any atom is -0.325 e. The highest BCUT2D eigenvalue weighted by atomic mass is 79.9. The van der Waals surface area contributed by atoms with Crippen LogP contribution in [0, 0.1) is 11.8 Å². The molecule has 0 spiro atoms. The lowest BCUT2D eigenvalue weighted by Gasteiger charge is -2.38. The summed E-state index contributed by atoms with van der Waals surface area (Å²) >= 11 is 3.47. The van der Waals surface area contributed by atoms with Gasteiger partial charge < -0.3 is 5.73 Å². The summed E-state index contributed by atoms with van der Waals surface area (Å²) in [7, 11) is 0. The molecule has 2 N–H and O–H groups in total. The van der Waals surface area contributed by atoms with Gasteiger partial charge in [-0.2, -0.15) is 0 Å². The van der Waals surface area contributed by atoms with Crippen LogP contribution in [0.1, 0.15) is 45.1 Å². The summed E-state index contributed by atoms with van der Waals surface area (Å²) in [5.74, 6) is 1.66. The van der Waals surface area contributed by atoms with Crippen LogP contribution < -0.4 is 5.73 Å². The van der Waals surface area contributed by atoms with E-state index in [2.05, 4.69) is 40.8 Å². The minimum absolute atomic E-state index is 0.0200. The predicted octanol–water partition coefficient (Wildman–Crippen LogP) is 3.93. The molecule has 0 bridgehead atoms. The lowest BCUT2D eigenvalue weighted by Crippen LogP contribution is -2.45. The van der Waals surface area contributed by atoms with Gasteiger partial charge in [0.15, 0.2) is 0 Å². The van der Waals surface area contributed by atoms with Crippen LogP contribution in [0.4, 0.5) is 0 Å². The molecule has 1 heterocycles. The molecule has 1 aromatic heterocycles. The quantitative estimate of drug-likeness (QED) is 0.918. The Morgan fingerprint density at radius 1 is 1.39 bits per heavy atom. The fourth-order valence-electron chi connectivity index (χ4n) is 3.02. The van der Waals surface area contributed by atoms with Crippen LogP contribution in [0.3, 0.4) is 0 Å². The fraction of sp³-hybridized carbons (Fsp3) is 0.667. The van der Waals surface area contributed by atoms with E-state index in [9.17, 15) is 0 Å². The molecule has 0 radical (unpaired) electrons. The summed E-state index contributed by atoms with van der Waals surface area (Å²) < 4.78 is 1.04. The summed E-state index contributed by atoms with van der Waals surface area (Å²) in [6.07, 6.45) is 9.54. The Morgan fingerprint density at radius 2 is 2.06 bits per heavy atom. The van der Waals surface area contributed by atoms with Crippen molar-refractivity contribution in [3.05, 3.63) is 28.5 Å². The molecule has 0 aliphatic heterocycles. The number of nitrogens with two attached hydrogens (primary N) is 1. The van der Waals surface area contributed by atoms with E-state index in [-0.39, 0.29) is 5.54 Å². The molecule has 0 saturated heterocycles. The SMILES string of the molecule is CC(C)C1CCC(N)(Cc2cncc(Br)c2)CC1. The van der Waals surface area contributed by atoms with Crippen LogP contribution >= 0.6 is 15.9 Å². The number of halogens is 1. The van der Waals surface area contributed by atoms with Crippen molar-refractivity contribution in [1.82, 2.24) is 4.98 Å². The highest BCUT2D eigenvalue weighted by molar-refractivity contribution is 9.10. The Balaban J connectivity index is 1.97. The van der Waals surface area contributed by atoms with Gasteiger partial charge in [0.1, 0.15) is 0 Å². The van der Waals surface area contributed by atoms with E-state index < -0.39 is 0 Å². The fourth-order valence-corrected chi connectivity index (χ4v) is 3.43. The minimum atomic E-state index is -0.0200. The van der Waals surface area contributed by atoms with Gasteiger partial charge in [0.05, 0.1) is 0 Å². The second-order valence-electron chi connectivity index (χ2n) is 6.13. The third kappa shape index (κ3) is 3.55. The second kappa shape index (κ2) is 5.70. The van der Waals surface area contributed by atoms with Gasteiger partial charge in [-0.15, -0.1) is 0 Å². The maximum absolute atomic E-state index is 6.56. The number of nitrogens with zero attached hydrogens (tertiary/aromatic N) is 1. The van der Waals surface area contributed by atoms with Crippen molar-refractivity contribution in [3.8, 4) is 0 Å². The van der Waals surface area contributed by atoms with E-state index in [1.165, 1.54) is 18.4 Å². The third-order valence-electron chi connectivity index (χ3n) is 4.29. The smallest absolute Gasteiger partial charge is 0.0410 e. The normalized spacial score (nSPS) is 28.6. The van der Waals surface area contributed by atoms with Crippen molar-refractivity contribution in [3.63, 3.8) is 0 Å². The van der Waals surface area contributed by atoms with E-state index in [4.69, 9.17) is 5.73 Å². The van der Waals surface area contributed by atoms with Gasteiger partial charge in [-0.3, -0.25) is 4.98 Å². The first-order chi connectivity index (χ1) is 8.48. The topological polar surface area (TPSA) is 38.9 Å². The van der Waals surface area contributed by atoms with Gasteiger partial charge in [-0.05, 0) is 71.5 Å². The standard InChI is InChI=1S/C15H23BrN2/c1-11(2)13-3-5-15(17,6-4-13)8-12-7-14(16)10-18-9-12/h7,9-11,13H,3-6,8,17H2,1-2H3. The average Bonchev–Trinajstić information content (AvgIpc) is 2.29. The maximum atomic E-state index is 6.56. The van der Waals surface area contributed by atoms with Gasteiger partial charge in [-0.1, -0.05) is 13.8 Å². The Hall–Kier alpha value is -0.410. The van der Waals surface area contributed by atoms with Crippen LogP contribution in [0.2, 0.25) is 0 Å². The Morgan fingerprint density at radius 3 is 2.61 bits per heavy atom. The number of aromatic nitrogens is 1. The van der Waals surface area contributed by atoms with Gasteiger partial charge >= 0.3 is 0 Å². The molecule has 0 atom stereocenters. The molecule has 1 aromatic rings. The summed E-state index contributed by atoms with van der Waals surface area (Å²) in [4.78, 5) is 4.22. The van der Waals surface area contributed by atoms with Gasteiger partial charge in [0.2, 0.25) is 0 Å². The molecular weight excluding hydrogens is 288 g/mol. The summed E-state index contributed by atoms with van der Waals surface area (Å²) in [6.45, 7) is 4.65. The van der Waals surface area contributed by atoms with Crippen molar-refractivity contribution in [1.29, 1.82) is 0 Å². The Bertz CT molecular complexity index is 395. The van der Waals surface area contributed by atoms with Crippen molar-refractivity contribution in [2.75, 3.05) is 0 Å². The molecule has 18 heavy (non-hydrogen) atoms. The summed E-state index contributed by atoms with van der Waals surface area (Å²) in [5.41, 5.74) is 7.79. The summed E-state index contributed by atoms with van der Waals surface area (Å²) in [6, 6.07) is 2.14. The van der Waals surface area contributed by atoms with Crippen LogP contribution in [0.15, 0.2) is 22.9 Å². The molecule has 0 amide bonds. The van der Waals surface area contributed by atoms with Crippen molar-refractivity contribution in [2.24, 2.45) is 17.6 Å². The third-order valence-corrected chi connectivity index (χ3v) is 4.72. The van der Waals surface area contributed by atoms with Crippen molar-refractivity contribution in [2.45, 2.75) is 51.5 Å². The number of hydrogen-bond acceptors (Lipinski definition) is 2. The molecule has 1 fully saturated rings. The van der Waals surface area contributed by atoms with Crippen LogP contribution in [-0.4, -0.2) is 10.5 Å². The van der Waals surface area contributed by atoms with E-state index in [1.807, 2.05) is 12.4 Å². The lowest BCUT2D eigenvalue weighted by atomic mass is 9.71. The van der Waals surface area contributed by atoms with Gasteiger partial charge in [0, 0.05) is 22.4 Å². The monoisotopic (exact) mass is 310 g/mol. The molecule has 1 aliphatic rings. The van der Waals surface area contributed by atoms with E-state index in [1.54, 1.807) is 0 Å². The van der Waals surface area contributed by atoms with Crippen molar-refractivity contribution >= 4 is 15.9 Å². The summed E-state index contributed by atoms with van der Waals surface area (Å²) in [5, 5.41) is 0. The van der Waals surface area contributed by atoms with E-state index in [0.717, 1.165) is 35.6 Å². The number of pyridine rings is 1. The molecule has 0 unspecified atom stereocenters. The van der Waals surface area contributed by atoms with E-state index in [0.29, 0.717) is 0 Å². The number of hydrogen-bond donors (Lipinski definition) is 1. The molecule has 1 aliphatic carbocycles. The molecule has 0 aromatic carbocycles. The highest BCUT2D eigenvalue weighted by Crippen LogP contribution is 2.36. The molecular formula is C15H23BrN2. The highest BCUT2D eigenvalue weighted by Gasteiger charge is 2.32. The first-order valence-electron chi connectivity index (χ1n) is 6.87. The van der Waals surface area contributed by atoms with Gasteiger partial charge in [0.25, 0.3) is 0 Å². The largest absolute Gasteiger partial charge is 0.325 e. The van der Waals surface area contributed by atoms with Crippen LogP contribution in [0.25, 0.3) is 0 Å². The molecule has 1 saturated carbocycles. The molecule has 3 heteroatoms. The zero-order valence-corrected chi connectivity index (χ0v) is 12.9. The van der Waals surface area contributed by atoms with E-state index >= 15 is 0 Å². The van der Waals surface area contributed by atoms with Gasteiger partial charge in [-0.25, -0.2) is 0 Å². The number of rotatable bonds is 3. The zero-order chi connectivity index (χ0) is 13.2.